The van der Waals surface area contributed by atoms with Gasteiger partial charge in [-0.15, -0.1) is 0 Å². The first-order chi connectivity index (χ1) is 19.0. The molecule has 9 nitrogen and oxygen atoms in total. The van der Waals surface area contributed by atoms with E-state index < -0.39 is 48.2 Å². The summed E-state index contributed by atoms with van der Waals surface area (Å²) in [6.45, 7) is 8.11. The molecule has 6 aliphatic rings. The van der Waals surface area contributed by atoms with Crippen molar-refractivity contribution in [3.8, 4) is 0 Å². The minimum Gasteiger partial charge on any atom is -0.462 e. The third kappa shape index (κ3) is 4.91. The van der Waals surface area contributed by atoms with E-state index in [9.17, 15) is 20.1 Å². The fourth-order valence-corrected chi connectivity index (χ4v) is 7.63. The van der Waals surface area contributed by atoms with E-state index in [1.165, 1.54) is 6.08 Å². The summed E-state index contributed by atoms with van der Waals surface area (Å²) in [7, 11) is 0. The second-order valence-electron chi connectivity index (χ2n) is 13.3. The molecule has 2 bridgehead atoms. The summed E-state index contributed by atoms with van der Waals surface area (Å²) >= 11 is 0. The first kappa shape index (κ1) is 28.5. The highest BCUT2D eigenvalue weighted by Gasteiger charge is 2.61. The van der Waals surface area contributed by atoms with Crippen LogP contribution in [0.3, 0.4) is 0 Å². The van der Waals surface area contributed by atoms with Gasteiger partial charge in [-0.3, -0.25) is 4.79 Å². The molecule has 1 aliphatic carbocycles. The number of allylic oxidation sites excluding steroid dienone is 3. The smallest absolute Gasteiger partial charge is 0.316 e. The number of aliphatic hydroxyl groups excluding tert-OH is 2. The number of ether oxygens (including phenoxy) is 5. The number of rotatable bonds is 1. The summed E-state index contributed by atoms with van der Waals surface area (Å²) in [5.74, 6) is -1.99. The van der Waals surface area contributed by atoms with Crippen molar-refractivity contribution in [3.05, 3.63) is 35.5 Å². The van der Waals surface area contributed by atoms with Crippen molar-refractivity contribution in [2.24, 2.45) is 17.8 Å². The van der Waals surface area contributed by atoms with Crippen LogP contribution in [0, 0.1) is 17.8 Å². The molecule has 3 N–H and O–H groups in total. The molecule has 12 atom stereocenters. The Morgan fingerprint density at radius 1 is 1.07 bits per heavy atom. The number of carbonyl (C=O) groups is 1. The van der Waals surface area contributed by atoms with Crippen LogP contribution in [0.25, 0.3) is 0 Å². The standard InChI is InChI=1S/C31H44O9/c1-17-6-5-7-21-16-36-27-26(33)20(15-32)10-24(31(21,27)35)28(34)37-23-11-22(12-25-29(4,13-17)40-25)39-30(14-23)9-8-18(2)19(3)38-30/h5-7,10,17-19,22-27,32-33,35H,8-9,11-16H2,1-4H3/b6-5+,21-7+/t17-,18-,19?,22-,23-,24-,25+,26+,27+,29-,30-,31+/m0/s1. The summed E-state index contributed by atoms with van der Waals surface area (Å²) in [4.78, 5) is 13.9. The first-order valence-corrected chi connectivity index (χ1v) is 14.9. The van der Waals surface area contributed by atoms with E-state index in [0.717, 1.165) is 12.8 Å². The van der Waals surface area contributed by atoms with Crippen molar-refractivity contribution in [1.29, 1.82) is 0 Å². The summed E-state index contributed by atoms with van der Waals surface area (Å²) in [5.41, 5.74) is -1.33. The fraction of sp³-hybridized carbons (Fsp3) is 0.774. The maximum atomic E-state index is 13.9. The van der Waals surface area contributed by atoms with Crippen LogP contribution in [0.2, 0.25) is 0 Å². The van der Waals surface area contributed by atoms with Crippen LogP contribution in [-0.4, -0.2) is 88.1 Å². The Kier molecular flexibility index (Phi) is 7.34. The first-order valence-electron chi connectivity index (χ1n) is 14.9. The van der Waals surface area contributed by atoms with Gasteiger partial charge in [0.2, 0.25) is 0 Å². The van der Waals surface area contributed by atoms with E-state index in [0.29, 0.717) is 37.2 Å². The van der Waals surface area contributed by atoms with Crippen LogP contribution in [0.5, 0.6) is 0 Å². The van der Waals surface area contributed by atoms with Gasteiger partial charge in [-0.2, -0.15) is 0 Å². The summed E-state index contributed by atoms with van der Waals surface area (Å²) < 4.78 is 31.4. The SMILES string of the molecule is CC1O[C@]2(CC[C@@H]1C)C[C@@H]1C[C@@H](C[C@H]3O[C@@]3(C)C[C@@H](C)/C=C/C=C3\CO[C@@H]4[C@H](O)C(CO)=C[C@@H](C(=O)O1)[C@]34O)O2. The zero-order valence-electron chi connectivity index (χ0n) is 24.0. The topological polar surface area (TPSA) is 127 Å². The van der Waals surface area contributed by atoms with Crippen molar-refractivity contribution < 1.29 is 43.8 Å². The second kappa shape index (κ2) is 10.3. The lowest BCUT2D eigenvalue weighted by atomic mass is 9.70. The van der Waals surface area contributed by atoms with Crippen LogP contribution in [0.15, 0.2) is 35.5 Å². The Labute approximate surface area is 236 Å². The molecule has 4 saturated heterocycles. The molecular weight excluding hydrogens is 516 g/mol. The molecule has 5 heterocycles. The molecule has 0 saturated carbocycles. The van der Waals surface area contributed by atoms with Gasteiger partial charge in [-0.05, 0) is 49.7 Å². The van der Waals surface area contributed by atoms with Gasteiger partial charge in [0.15, 0.2) is 5.79 Å². The van der Waals surface area contributed by atoms with Crippen molar-refractivity contribution in [2.75, 3.05) is 13.2 Å². The van der Waals surface area contributed by atoms with E-state index in [-0.39, 0.29) is 42.0 Å². The number of hydrogen-bond acceptors (Lipinski definition) is 9. The molecule has 1 unspecified atom stereocenters. The number of hydrogen-bond donors (Lipinski definition) is 3. The zero-order valence-corrected chi connectivity index (χ0v) is 24.0. The lowest BCUT2D eigenvalue weighted by molar-refractivity contribution is -0.333. The van der Waals surface area contributed by atoms with E-state index in [1.807, 2.05) is 6.08 Å². The van der Waals surface area contributed by atoms with E-state index >= 15 is 0 Å². The van der Waals surface area contributed by atoms with Gasteiger partial charge < -0.3 is 39.0 Å². The number of fused-ring (bicyclic) bond motifs is 3. The third-order valence-electron chi connectivity index (χ3n) is 10.2. The molecule has 4 fully saturated rings. The molecule has 1 spiro atoms. The largest absolute Gasteiger partial charge is 0.462 e. The van der Waals surface area contributed by atoms with E-state index in [4.69, 9.17) is 23.7 Å². The Morgan fingerprint density at radius 3 is 2.62 bits per heavy atom. The zero-order chi connectivity index (χ0) is 28.4. The van der Waals surface area contributed by atoms with Crippen LogP contribution in [-0.2, 0) is 28.5 Å². The molecular formula is C31H44O9. The van der Waals surface area contributed by atoms with Crippen molar-refractivity contribution in [2.45, 2.75) is 120 Å². The minimum absolute atomic E-state index is 0.0106. The lowest BCUT2D eigenvalue weighted by Crippen LogP contribution is -2.58. The summed E-state index contributed by atoms with van der Waals surface area (Å²) in [6.07, 6.45) is 8.29. The Hall–Kier alpha value is -1.59. The van der Waals surface area contributed by atoms with Crippen molar-refractivity contribution in [1.82, 2.24) is 0 Å². The minimum atomic E-state index is -1.80. The van der Waals surface area contributed by atoms with E-state index in [2.05, 4.69) is 33.8 Å². The number of aliphatic hydroxyl groups is 3. The molecule has 0 aromatic rings. The van der Waals surface area contributed by atoms with Gasteiger partial charge in [0.25, 0.3) is 0 Å². The van der Waals surface area contributed by atoms with Gasteiger partial charge in [0.05, 0.1) is 37.1 Å². The average Bonchev–Trinajstić information content (AvgIpc) is 3.36. The molecule has 0 radical (unpaired) electrons. The maximum absolute atomic E-state index is 13.9. The number of esters is 1. The second-order valence-corrected chi connectivity index (χ2v) is 13.3. The third-order valence-corrected chi connectivity index (χ3v) is 10.2. The molecule has 9 heteroatoms. The van der Waals surface area contributed by atoms with Gasteiger partial charge in [-0.25, -0.2) is 0 Å². The van der Waals surface area contributed by atoms with E-state index in [1.54, 1.807) is 6.08 Å². The van der Waals surface area contributed by atoms with Crippen molar-refractivity contribution >= 4 is 5.97 Å². The fourth-order valence-electron chi connectivity index (χ4n) is 7.63. The summed E-state index contributed by atoms with van der Waals surface area (Å²) in [6, 6.07) is 0. The van der Waals surface area contributed by atoms with Gasteiger partial charge in [-0.1, -0.05) is 38.2 Å². The highest BCUT2D eigenvalue weighted by molar-refractivity contribution is 5.78. The molecule has 40 heavy (non-hydrogen) atoms. The predicted molar refractivity (Wildman–Crippen MR) is 144 cm³/mol. The average molecular weight is 561 g/mol. The lowest BCUT2D eigenvalue weighted by Gasteiger charge is -2.49. The Bertz CT molecular complexity index is 1100. The monoisotopic (exact) mass is 560 g/mol. The molecule has 6 rings (SSSR count). The molecule has 222 valence electrons. The number of epoxide rings is 1. The van der Waals surface area contributed by atoms with Gasteiger partial charge in [0, 0.05) is 25.7 Å². The maximum Gasteiger partial charge on any atom is 0.316 e. The number of carbonyl (C=O) groups excluding carboxylic acids is 1. The normalized spacial score (nSPS) is 53.0. The molecule has 0 amide bonds. The van der Waals surface area contributed by atoms with Crippen molar-refractivity contribution in [3.63, 3.8) is 0 Å². The molecule has 5 aliphatic heterocycles. The van der Waals surface area contributed by atoms with Crippen LogP contribution in [0.4, 0.5) is 0 Å². The Morgan fingerprint density at radius 2 is 1.88 bits per heavy atom. The summed E-state index contributed by atoms with van der Waals surface area (Å²) in [5, 5.41) is 32.9. The van der Waals surface area contributed by atoms with Gasteiger partial charge in [0.1, 0.15) is 29.8 Å². The van der Waals surface area contributed by atoms with Gasteiger partial charge >= 0.3 is 5.97 Å². The van der Waals surface area contributed by atoms with Crippen LogP contribution < -0.4 is 0 Å². The highest BCUT2D eigenvalue weighted by Crippen LogP contribution is 2.50. The van der Waals surface area contributed by atoms with Crippen LogP contribution >= 0.6 is 0 Å². The molecule has 0 aromatic carbocycles. The predicted octanol–water partition coefficient (Wildman–Crippen LogP) is 2.72. The molecule has 0 aromatic heterocycles. The quantitative estimate of drug-likeness (QED) is 0.252. The highest BCUT2D eigenvalue weighted by atomic mass is 16.7. The Balaban J connectivity index is 1.37. The van der Waals surface area contributed by atoms with Crippen LogP contribution in [0.1, 0.15) is 66.2 Å².